The predicted octanol–water partition coefficient (Wildman–Crippen LogP) is 5.98. The number of rotatable bonds is 3. The van der Waals surface area contributed by atoms with Crippen LogP contribution in [0, 0.1) is 46.0 Å². The van der Waals surface area contributed by atoms with Crippen molar-refractivity contribution in [2.75, 3.05) is 32.7 Å². The largest absolute Gasteiger partial charge is 0.391 e. The minimum Gasteiger partial charge on any atom is -0.391 e. The summed E-state index contributed by atoms with van der Waals surface area (Å²) in [5, 5.41) is 25.7. The van der Waals surface area contributed by atoms with E-state index in [1.807, 2.05) is 35.2 Å². The van der Waals surface area contributed by atoms with Crippen LogP contribution in [0.25, 0.3) is 10.8 Å². The van der Waals surface area contributed by atoms with Gasteiger partial charge in [0.25, 0.3) is 5.91 Å². The molecule has 8 nitrogen and oxygen atoms in total. The highest BCUT2D eigenvalue weighted by molar-refractivity contribution is 6.83. The third-order valence-electron chi connectivity index (χ3n) is 15.2. The Morgan fingerprint density at radius 2 is 1.65 bits per heavy atom. The van der Waals surface area contributed by atoms with Gasteiger partial charge in [-0.3, -0.25) is 19.5 Å². The number of carbonyl (C=O) groups excluding carboxylic acids is 2. The van der Waals surface area contributed by atoms with E-state index in [-0.39, 0.29) is 34.8 Å². The van der Waals surface area contributed by atoms with Gasteiger partial charge in [0.1, 0.15) is 25.4 Å². The first-order valence-electron chi connectivity index (χ1n) is 20.3. The fraction of sp³-hybridized carbons (Fsp3) is 0.698. The maximum atomic E-state index is 14.0. The predicted molar refractivity (Wildman–Crippen MR) is 207 cm³/mol. The molecule has 280 valence electrons. The molecule has 2 saturated heterocycles. The molecular formula is C43H60N4O4Si. The third-order valence-corrected chi connectivity index (χ3v) is 16.1. The second-order valence-electron chi connectivity index (χ2n) is 19.0. The van der Waals surface area contributed by atoms with Crippen molar-refractivity contribution in [1.29, 1.82) is 0 Å². The van der Waals surface area contributed by atoms with Crippen LogP contribution >= 0.6 is 0 Å². The third kappa shape index (κ3) is 6.04. The van der Waals surface area contributed by atoms with Crippen LogP contribution in [0.4, 0.5) is 0 Å². The molecule has 6 fully saturated rings. The SMILES string of the molecule is C[C@]12CCC3C(CC[C@H]4C[C@H](O)[C@@H](N5CCN(C(=O)[C@@H]6CCCN6C(=O)c6cc7ccccc7cn6)CC5)C[C@]34C)C1CC[C@@]2(O)C#C[Si](C)(C)C. The van der Waals surface area contributed by atoms with E-state index < -0.39 is 19.7 Å². The van der Waals surface area contributed by atoms with Crippen LogP contribution in [-0.2, 0) is 4.79 Å². The van der Waals surface area contributed by atoms with E-state index in [0.717, 1.165) is 68.8 Å². The Balaban J connectivity index is 0.923. The highest BCUT2D eigenvalue weighted by Crippen LogP contribution is 2.68. The average molecular weight is 725 g/mol. The Hall–Kier alpha value is -2.77. The normalized spacial score (nSPS) is 39.3. The van der Waals surface area contributed by atoms with Crippen molar-refractivity contribution < 1.29 is 19.8 Å². The first kappa shape index (κ1) is 36.2. The van der Waals surface area contributed by atoms with Gasteiger partial charge in [-0.1, -0.05) is 63.7 Å². The van der Waals surface area contributed by atoms with Crippen molar-refractivity contribution in [3.8, 4) is 11.5 Å². The van der Waals surface area contributed by atoms with Crippen molar-refractivity contribution in [1.82, 2.24) is 19.7 Å². The zero-order valence-electron chi connectivity index (χ0n) is 32.1. The standard InChI is InChI=1S/C43H60N4O4Si/c1-41-27-37(38(48)26-31(41)12-13-32-33(41)14-16-42(2)34(32)15-17-43(42,51)18-24-52(3,4)5)45-20-22-46(23-21-45)40(50)36-11-8-19-47(36)39(49)35-25-29-9-6-7-10-30(29)28-44-35/h6-7,9-10,25,28,31-34,36-38,48,51H,8,11-17,19-23,26-27H2,1-5H3/t31-,32?,33?,34?,36-,37-,38-,41-,42-,43+/m0/s1. The van der Waals surface area contributed by atoms with Gasteiger partial charge in [-0.25, -0.2) is 0 Å². The number of amides is 2. The van der Waals surface area contributed by atoms with Crippen LogP contribution in [0.5, 0.6) is 0 Å². The van der Waals surface area contributed by atoms with Gasteiger partial charge in [0.15, 0.2) is 0 Å². The molecule has 2 aliphatic heterocycles. The summed E-state index contributed by atoms with van der Waals surface area (Å²) >= 11 is 0. The van der Waals surface area contributed by atoms with Gasteiger partial charge in [0.05, 0.1) is 6.10 Å². The maximum Gasteiger partial charge on any atom is 0.273 e. The van der Waals surface area contributed by atoms with Crippen LogP contribution in [0.3, 0.4) is 0 Å². The molecule has 0 spiro atoms. The van der Waals surface area contributed by atoms with Crippen molar-refractivity contribution >= 4 is 30.7 Å². The van der Waals surface area contributed by atoms with Crippen molar-refractivity contribution in [2.45, 2.75) is 121 Å². The molecule has 3 heterocycles. The molecule has 2 amide bonds. The lowest BCUT2D eigenvalue weighted by atomic mass is 9.44. The molecule has 10 atom stereocenters. The van der Waals surface area contributed by atoms with Gasteiger partial charge in [0.2, 0.25) is 5.91 Å². The summed E-state index contributed by atoms with van der Waals surface area (Å²) in [5.74, 6) is 5.62. The molecule has 4 saturated carbocycles. The van der Waals surface area contributed by atoms with Gasteiger partial charge in [-0.2, -0.15) is 0 Å². The number of likely N-dealkylation sites (tertiary alicyclic amines) is 1. The molecule has 0 bridgehead atoms. The fourth-order valence-corrected chi connectivity index (χ4v) is 12.8. The topological polar surface area (TPSA) is 97.2 Å². The van der Waals surface area contributed by atoms with Crippen LogP contribution in [0.2, 0.25) is 19.6 Å². The van der Waals surface area contributed by atoms with Gasteiger partial charge in [-0.05, 0) is 105 Å². The number of benzene rings is 1. The Labute approximate surface area is 311 Å². The lowest BCUT2D eigenvalue weighted by molar-refractivity contribution is -0.163. The minimum absolute atomic E-state index is 0.0499. The van der Waals surface area contributed by atoms with Gasteiger partial charge in [-0.15, -0.1) is 5.54 Å². The van der Waals surface area contributed by atoms with Crippen molar-refractivity contribution in [2.24, 2.45) is 34.5 Å². The molecule has 8 rings (SSSR count). The second kappa shape index (κ2) is 13.2. The van der Waals surface area contributed by atoms with Gasteiger partial charge < -0.3 is 20.0 Å². The molecule has 2 aromatic rings. The number of carbonyl (C=O) groups is 2. The quantitative estimate of drug-likeness (QED) is 0.299. The molecule has 52 heavy (non-hydrogen) atoms. The number of fused-ring (bicyclic) bond motifs is 6. The Morgan fingerprint density at radius 1 is 0.923 bits per heavy atom. The highest BCUT2D eigenvalue weighted by atomic mass is 28.3. The van der Waals surface area contributed by atoms with Gasteiger partial charge in [0, 0.05) is 55.8 Å². The maximum absolute atomic E-state index is 14.0. The summed E-state index contributed by atoms with van der Waals surface area (Å²) in [7, 11) is -1.60. The van der Waals surface area contributed by atoms with E-state index in [2.05, 4.69) is 54.8 Å². The number of aromatic nitrogens is 1. The zero-order valence-corrected chi connectivity index (χ0v) is 33.1. The summed E-state index contributed by atoms with van der Waals surface area (Å²) in [6.45, 7) is 15.0. The van der Waals surface area contributed by atoms with Crippen molar-refractivity contribution in [3.05, 3.63) is 42.2 Å². The van der Waals surface area contributed by atoms with Crippen LogP contribution in [0.1, 0.15) is 88.5 Å². The highest BCUT2D eigenvalue weighted by Gasteiger charge is 2.65. The van der Waals surface area contributed by atoms with Crippen LogP contribution in [-0.4, -0.2) is 106 Å². The van der Waals surface area contributed by atoms with E-state index >= 15 is 0 Å². The number of piperazine rings is 1. The monoisotopic (exact) mass is 724 g/mol. The summed E-state index contributed by atoms with van der Waals surface area (Å²) < 4.78 is 0. The first-order valence-corrected chi connectivity index (χ1v) is 23.8. The summed E-state index contributed by atoms with van der Waals surface area (Å²) in [6.07, 6.45) is 11.2. The molecule has 1 aromatic heterocycles. The Morgan fingerprint density at radius 3 is 2.40 bits per heavy atom. The van der Waals surface area contributed by atoms with E-state index in [0.29, 0.717) is 55.4 Å². The number of aliphatic hydroxyl groups excluding tert-OH is 1. The van der Waals surface area contributed by atoms with E-state index in [1.165, 1.54) is 12.8 Å². The Kier molecular flexibility index (Phi) is 9.20. The average Bonchev–Trinajstić information content (AvgIpc) is 3.72. The molecule has 4 aliphatic carbocycles. The molecule has 2 N–H and O–H groups in total. The molecule has 6 aliphatic rings. The number of aliphatic hydroxyl groups is 2. The lowest BCUT2D eigenvalue weighted by Crippen LogP contribution is -2.63. The summed E-state index contributed by atoms with van der Waals surface area (Å²) in [4.78, 5) is 38.3. The van der Waals surface area contributed by atoms with E-state index in [4.69, 9.17) is 0 Å². The number of hydrogen-bond donors (Lipinski definition) is 2. The lowest BCUT2D eigenvalue weighted by Gasteiger charge is -2.63. The van der Waals surface area contributed by atoms with Gasteiger partial charge >= 0.3 is 0 Å². The first-order chi connectivity index (χ1) is 24.7. The number of hydrogen-bond acceptors (Lipinski definition) is 6. The minimum atomic E-state index is -1.60. The van der Waals surface area contributed by atoms with E-state index in [1.54, 1.807) is 11.1 Å². The molecule has 3 unspecified atom stereocenters. The molecule has 9 heteroatoms. The summed E-state index contributed by atoms with van der Waals surface area (Å²) in [5.41, 5.74) is 3.07. The molecular weight excluding hydrogens is 665 g/mol. The fourth-order valence-electron chi connectivity index (χ4n) is 12.3. The Bertz CT molecular complexity index is 1780. The molecule has 1 aromatic carbocycles. The van der Waals surface area contributed by atoms with E-state index in [9.17, 15) is 19.8 Å². The smallest absolute Gasteiger partial charge is 0.273 e. The number of nitrogens with zero attached hydrogens (tertiary/aromatic N) is 4. The molecule has 0 radical (unpaired) electrons. The van der Waals surface area contributed by atoms with Crippen LogP contribution < -0.4 is 0 Å². The second-order valence-corrected chi connectivity index (χ2v) is 23.8. The number of pyridine rings is 1. The summed E-state index contributed by atoms with van der Waals surface area (Å²) in [6, 6.07) is 9.39. The zero-order chi connectivity index (χ0) is 36.6. The van der Waals surface area contributed by atoms with Crippen molar-refractivity contribution in [3.63, 3.8) is 0 Å². The van der Waals surface area contributed by atoms with Crippen LogP contribution in [0.15, 0.2) is 36.5 Å².